The fourth-order valence-corrected chi connectivity index (χ4v) is 2.29. The minimum Gasteiger partial charge on any atom is -0.468 e. The number of amides is 2. The summed E-state index contributed by atoms with van der Waals surface area (Å²) in [7, 11) is 1.18. The number of hydrogen-bond donors (Lipinski definition) is 2. The van der Waals surface area contributed by atoms with E-state index >= 15 is 0 Å². The predicted octanol–water partition coefficient (Wildman–Crippen LogP) is 3.17. The molecule has 0 aromatic heterocycles. The lowest BCUT2D eigenvalue weighted by atomic mass is 10.1. The molecular formula is C20H17F3N2O4. The van der Waals surface area contributed by atoms with Crippen molar-refractivity contribution in [3.8, 4) is 0 Å². The molecule has 0 radical (unpaired) electrons. The lowest BCUT2D eigenvalue weighted by Gasteiger charge is -2.12. The van der Waals surface area contributed by atoms with Gasteiger partial charge in [0, 0.05) is 17.3 Å². The number of rotatable bonds is 6. The van der Waals surface area contributed by atoms with E-state index in [1.54, 1.807) is 6.07 Å². The number of benzene rings is 2. The zero-order valence-corrected chi connectivity index (χ0v) is 15.2. The zero-order valence-electron chi connectivity index (χ0n) is 15.2. The highest BCUT2D eigenvalue weighted by Gasteiger charge is 2.35. The maximum absolute atomic E-state index is 13.3. The van der Waals surface area contributed by atoms with Gasteiger partial charge in [0.1, 0.15) is 6.54 Å². The Morgan fingerprint density at radius 1 is 0.966 bits per heavy atom. The van der Waals surface area contributed by atoms with E-state index in [9.17, 15) is 27.6 Å². The first-order chi connectivity index (χ1) is 13.7. The molecule has 2 N–H and O–H groups in total. The molecule has 0 bridgehead atoms. The second-order valence-corrected chi connectivity index (χ2v) is 5.75. The van der Waals surface area contributed by atoms with Crippen LogP contribution in [0.25, 0.3) is 5.57 Å². The average molecular weight is 406 g/mol. The summed E-state index contributed by atoms with van der Waals surface area (Å²) in [6.45, 7) is -0.307. The molecule has 0 aliphatic rings. The van der Waals surface area contributed by atoms with Gasteiger partial charge in [0.15, 0.2) is 0 Å². The van der Waals surface area contributed by atoms with E-state index in [2.05, 4.69) is 15.4 Å². The highest BCUT2D eigenvalue weighted by Crippen LogP contribution is 2.33. The number of alkyl halides is 3. The van der Waals surface area contributed by atoms with Crippen LogP contribution in [-0.4, -0.2) is 37.6 Å². The molecule has 9 heteroatoms. The van der Waals surface area contributed by atoms with E-state index in [1.807, 2.05) is 0 Å². The van der Waals surface area contributed by atoms with Gasteiger partial charge in [0.2, 0.25) is 5.91 Å². The Balaban J connectivity index is 2.09. The molecule has 2 amide bonds. The first-order valence-electron chi connectivity index (χ1n) is 8.31. The molecule has 29 heavy (non-hydrogen) atoms. The molecule has 0 heterocycles. The molecule has 0 unspecified atom stereocenters. The van der Waals surface area contributed by atoms with Gasteiger partial charge in [0.05, 0.1) is 12.7 Å². The molecule has 0 aliphatic heterocycles. The van der Waals surface area contributed by atoms with Crippen LogP contribution in [-0.2, 0) is 14.3 Å². The van der Waals surface area contributed by atoms with Crippen LogP contribution in [0.3, 0.4) is 0 Å². The number of hydrogen-bond acceptors (Lipinski definition) is 4. The maximum atomic E-state index is 13.3. The molecule has 152 valence electrons. The van der Waals surface area contributed by atoms with E-state index in [1.165, 1.54) is 55.6 Å². The summed E-state index contributed by atoms with van der Waals surface area (Å²) >= 11 is 0. The quantitative estimate of drug-likeness (QED) is 0.570. The van der Waals surface area contributed by atoms with Crippen molar-refractivity contribution in [2.75, 3.05) is 19.0 Å². The predicted molar refractivity (Wildman–Crippen MR) is 99.9 cm³/mol. The van der Waals surface area contributed by atoms with Crippen LogP contribution in [0.2, 0.25) is 0 Å². The number of halogens is 3. The average Bonchev–Trinajstić information content (AvgIpc) is 2.70. The summed E-state index contributed by atoms with van der Waals surface area (Å²) in [4.78, 5) is 34.9. The number of anilines is 1. The molecule has 0 atom stereocenters. The van der Waals surface area contributed by atoms with E-state index < -0.39 is 29.5 Å². The molecule has 0 saturated carbocycles. The second-order valence-electron chi connectivity index (χ2n) is 5.75. The van der Waals surface area contributed by atoms with Crippen molar-refractivity contribution in [2.24, 2.45) is 0 Å². The van der Waals surface area contributed by atoms with Crippen LogP contribution < -0.4 is 10.6 Å². The molecule has 0 fully saturated rings. The lowest BCUT2D eigenvalue weighted by Crippen LogP contribution is -2.30. The number of nitrogens with one attached hydrogen (secondary N) is 2. The van der Waals surface area contributed by atoms with Crippen molar-refractivity contribution in [1.82, 2.24) is 5.32 Å². The number of methoxy groups -OCH3 is 1. The Hall–Kier alpha value is -3.62. The molecule has 2 rings (SSSR count). The summed E-state index contributed by atoms with van der Waals surface area (Å²) in [6.07, 6.45) is -4.23. The lowest BCUT2D eigenvalue weighted by molar-refractivity contribution is -0.139. The minimum atomic E-state index is -4.71. The first-order valence-corrected chi connectivity index (χ1v) is 8.31. The number of ether oxygens (including phenoxy) is 1. The van der Waals surface area contributed by atoms with Crippen LogP contribution >= 0.6 is 0 Å². The van der Waals surface area contributed by atoms with Gasteiger partial charge in [-0.2, -0.15) is 13.2 Å². The highest BCUT2D eigenvalue weighted by molar-refractivity contribution is 6.05. The molecule has 2 aromatic carbocycles. The van der Waals surface area contributed by atoms with Crippen LogP contribution in [0.4, 0.5) is 18.9 Å². The first kappa shape index (κ1) is 21.7. The summed E-state index contributed by atoms with van der Waals surface area (Å²) < 4.78 is 44.2. The summed E-state index contributed by atoms with van der Waals surface area (Å²) in [6, 6.07) is 12.4. The van der Waals surface area contributed by atoms with Gasteiger partial charge < -0.3 is 15.4 Å². The summed E-state index contributed by atoms with van der Waals surface area (Å²) in [5.74, 6) is -2.13. The van der Waals surface area contributed by atoms with Crippen molar-refractivity contribution in [2.45, 2.75) is 6.18 Å². The molecule has 0 aliphatic carbocycles. The standard InChI is InChI=1S/C20H17F3N2O4/c1-29-18(27)12-24-19(28)14-7-9-15(10-8-14)25-17(26)11-16(20(21,22)23)13-5-3-2-4-6-13/h2-11H,12H2,1H3,(H,24,28)(H,25,26)/b16-11-. The fourth-order valence-electron chi connectivity index (χ4n) is 2.29. The van der Waals surface area contributed by atoms with E-state index in [0.717, 1.165) is 0 Å². The van der Waals surface area contributed by atoms with Gasteiger partial charge >= 0.3 is 12.1 Å². The number of carbonyl (C=O) groups excluding carboxylic acids is 3. The summed E-state index contributed by atoms with van der Waals surface area (Å²) in [5.41, 5.74) is -0.810. The fraction of sp³-hybridized carbons (Fsp3) is 0.150. The molecule has 2 aromatic rings. The third-order valence-corrected chi connectivity index (χ3v) is 3.70. The van der Waals surface area contributed by atoms with Gasteiger partial charge in [0.25, 0.3) is 5.91 Å². The molecule has 6 nitrogen and oxygen atoms in total. The molecule has 0 spiro atoms. The van der Waals surface area contributed by atoms with Crippen molar-refractivity contribution in [1.29, 1.82) is 0 Å². The van der Waals surface area contributed by atoms with Crippen molar-refractivity contribution >= 4 is 29.0 Å². The third kappa shape index (κ3) is 6.49. The van der Waals surface area contributed by atoms with E-state index in [0.29, 0.717) is 6.08 Å². The number of carbonyl (C=O) groups is 3. The van der Waals surface area contributed by atoms with Gasteiger partial charge in [-0.1, -0.05) is 30.3 Å². The van der Waals surface area contributed by atoms with E-state index in [-0.39, 0.29) is 23.4 Å². The van der Waals surface area contributed by atoms with Gasteiger partial charge in [-0.05, 0) is 29.8 Å². The third-order valence-electron chi connectivity index (χ3n) is 3.70. The van der Waals surface area contributed by atoms with Crippen molar-refractivity contribution in [3.63, 3.8) is 0 Å². The molecular weight excluding hydrogens is 389 g/mol. The Kier molecular flexibility index (Phi) is 7.13. The monoisotopic (exact) mass is 406 g/mol. The molecule has 0 saturated heterocycles. The SMILES string of the molecule is COC(=O)CNC(=O)c1ccc(NC(=O)/C=C(/c2ccccc2)C(F)(F)F)cc1. The summed E-state index contributed by atoms with van der Waals surface area (Å²) in [5, 5.41) is 4.65. The Morgan fingerprint density at radius 3 is 2.14 bits per heavy atom. The number of allylic oxidation sites excluding steroid dienone is 1. The van der Waals surface area contributed by atoms with Crippen LogP contribution in [0.15, 0.2) is 60.7 Å². The van der Waals surface area contributed by atoms with Gasteiger partial charge in [-0.3, -0.25) is 14.4 Å². The van der Waals surface area contributed by atoms with Crippen molar-refractivity contribution in [3.05, 3.63) is 71.8 Å². The largest absolute Gasteiger partial charge is 0.468 e. The van der Waals surface area contributed by atoms with Gasteiger partial charge in [-0.15, -0.1) is 0 Å². The number of esters is 1. The Labute approximate surface area is 164 Å². The highest BCUT2D eigenvalue weighted by atomic mass is 19.4. The van der Waals surface area contributed by atoms with Crippen LogP contribution in [0.1, 0.15) is 15.9 Å². The van der Waals surface area contributed by atoms with Gasteiger partial charge in [-0.25, -0.2) is 0 Å². The van der Waals surface area contributed by atoms with E-state index in [4.69, 9.17) is 0 Å². The van der Waals surface area contributed by atoms with Crippen LogP contribution in [0.5, 0.6) is 0 Å². The maximum Gasteiger partial charge on any atom is 0.417 e. The van der Waals surface area contributed by atoms with Crippen molar-refractivity contribution < 1.29 is 32.3 Å². The smallest absolute Gasteiger partial charge is 0.417 e. The Bertz CT molecular complexity index is 908. The van der Waals surface area contributed by atoms with Crippen LogP contribution in [0, 0.1) is 0 Å². The zero-order chi connectivity index (χ0) is 21.4. The Morgan fingerprint density at radius 2 is 1.59 bits per heavy atom. The topological polar surface area (TPSA) is 84.5 Å². The second kappa shape index (κ2) is 9.54. The normalized spacial score (nSPS) is 11.5. The minimum absolute atomic E-state index is 0.132.